The van der Waals surface area contributed by atoms with Crippen LogP contribution in [0.15, 0.2) is 242 Å². The summed E-state index contributed by atoms with van der Waals surface area (Å²) in [5.41, 5.74) is 20.1. The highest BCUT2D eigenvalue weighted by Crippen LogP contribution is 2.47. The van der Waals surface area contributed by atoms with Gasteiger partial charge in [0.1, 0.15) is 22.3 Å². The van der Waals surface area contributed by atoms with Crippen LogP contribution in [0.25, 0.3) is 66.3 Å². The van der Waals surface area contributed by atoms with E-state index in [0.29, 0.717) is 11.5 Å². The van der Waals surface area contributed by atoms with E-state index in [4.69, 9.17) is 18.8 Å². The minimum absolute atomic E-state index is 0.557. The molecule has 2 aromatic heterocycles. The van der Waals surface area contributed by atoms with Gasteiger partial charge in [-0.1, -0.05) is 183 Å². The second-order valence-corrected chi connectivity index (χ2v) is 18.2. The third-order valence-electron chi connectivity index (χ3n) is 13.7. The van der Waals surface area contributed by atoms with Crippen LogP contribution < -0.4 is 0 Å². The summed E-state index contributed by atoms with van der Waals surface area (Å²) in [5.74, 6) is 0.557. The van der Waals surface area contributed by atoms with Gasteiger partial charge in [0.05, 0.1) is 5.70 Å². The number of benzene rings is 7. The lowest BCUT2D eigenvalue weighted by Crippen LogP contribution is -2.06. The van der Waals surface area contributed by atoms with Gasteiger partial charge in [-0.3, -0.25) is 0 Å². The Kier molecular flexibility index (Phi) is 12.2. The van der Waals surface area contributed by atoms with Crippen molar-refractivity contribution in [2.45, 2.75) is 52.9 Å². The van der Waals surface area contributed by atoms with E-state index in [0.717, 1.165) is 104 Å². The maximum Gasteiger partial charge on any atom is 0.160 e. The molecule has 0 saturated heterocycles. The lowest BCUT2D eigenvalue weighted by atomic mass is 9.81. The zero-order chi connectivity index (χ0) is 47.6. The fourth-order valence-corrected chi connectivity index (χ4v) is 10.3. The predicted octanol–water partition coefficient (Wildman–Crippen LogP) is 18.0. The van der Waals surface area contributed by atoms with E-state index in [-0.39, 0.29) is 0 Å². The van der Waals surface area contributed by atoms with Gasteiger partial charge in [0.2, 0.25) is 0 Å². The molecule has 4 nitrogen and oxygen atoms in total. The van der Waals surface area contributed by atoms with Gasteiger partial charge in [-0.05, 0) is 138 Å². The Bertz CT molecular complexity index is 3750. The summed E-state index contributed by atoms with van der Waals surface area (Å²) in [5, 5.41) is 4.23. The number of fused-ring (bicyclic) bond motifs is 6. The molecule has 0 saturated carbocycles. The topological polar surface area (TPSA) is 51.0 Å². The number of nitrogens with zero attached hydrogens (tertiary/aromatic N) is 2. The lowest BCUT2D eigenvalue weighted by Gasteiger charge is -2.23. The van der Waals surface area contributed by atoms with E-state index in [1.54, 1.807) is 0 Å². The van der Waals surface area contributed by atoms with Crippen LogP contribution in [0.1, 0.15) is 84.9 Å². The van der Waals surface area contributed by atoms with Crippen LogP contribution in [0.3, 0.4) is 0 Å². The predicted molar refractivity (Wildman–Crippen MR) is 296 cm³/mol. The minimum Gasteiger partial charge on any atom is -0.456 e. The Morgan fingerprint density at radius 2 is 1.30 bits per heavy atom. The van der Waals surface area contributed by atoms with Crippen molar-refractivity contribution in [1.29, 1.82) is 0 Å². The van der Waals surface area contributed by atoms with Crippen molar-refractivity contribution >= 4 is 77.8 Å². The molecule has 340 valence electrons. The highest BCUT2D eigenvalue weighted by atomic mass is 16.3. The van der Waals surface area contributed by atoms with E-state index in [2.05, 4.69) is 185 Å². The van der Waals surface area contributed by atoms with Gasteiger partial charge in [0.15, 0.2) is 5.84 Å². The second-order valence-electron chi connectivity index (χ2n) is 18.2. The molecule has 0 N–H and O–H groups in total. The van der Waals surface area contributed by atoms with E-state index in [9.17, 15) is 0 Å². The number of hydrogen-bond acceptors (Lipinski definition) is 3. The molecule has 9 aromatic rings. The third-order valence-corrected chi connectivity index (χ3v) is 13.7. The second kappa shape index (κ2) is 19.3. The standard InChI is InChI=1S/C66H54N2O2/c1-5-6-10-30-56-63(49-24-13-8-14-25-49)52(47-22-11-7-12-23-47)39-40-53(64(56)50-26-15-9-16-27-50)48-37-35-46(36-38-48)44(3)67-66(57-42-62-58(41-43(57)2)54-28-17-19-32-59(54)70-62)68-45(4)51-31-21-34-61-65(51)55-29-18-20-33-60(55)69-61/h6-11,13-22,24-29,31-39,41-42H,3,5,12,23,30,40H2,1-2,4H3/b10-6-,67-66?,68-45?. The summed E-state index contributed by atoms with van der Waals surface area (Å²) < 4.78 is 12.7. The van der Waals surface area contributed by atoms with Crippen molar-refractivity contribution in [2.24, 2.45) is 9.98 Å². The minimum atomic E-state index is 0.557. The molecule has 7 aromatic carbocycles. The maximum atomic E-state index is 6.44. The number of amidine groups is 1. The molecule has 0 spiro atoms. The van der Waals surface area contributed by atoms with Crippen LogP contribution in [0.2, 0.25) is 0 Å². The van der Waals surface area contributed by atoms with Crippen LogP contribution >= 0.6 is 0 Å². The van der Waals surface area contributed by atoms with Gasteiger partial charge < -0.3 is 8.83 Å². The van der Waals surface area contributed by atoms with Crippen molar-refractivity contribution in [3.05, 3.63) is 262 Å². The van der Waals surface area contributed by atoms with Crippen molar-refractivity contribution in [3.63, 3.8) is 0 Å². The molecule has 0 amide bonds. The summed E-state index contributed by atoms with van der Waals surface area (Å²) in [6.45, 7) is 11.0. The first-order valence-electron chi connectivity index (χ1n) is 24.5. The largest absolute Gasteiger partial charge is 0.456 e. The van der Waals surface area contributed by atoms with Gasteiger partial charge in [0, 0.05) is 38.4 Å². The van der Waals surface area contributed by atoms with Crippen molar-refractivity contribution in [1.82, 2.24) is 0 Å². The molecule has 0 bridgehead atoms. The molecule has 70 heavy (non-hydrogen) atoms. The molecule has 0 radical (unpaired) electrons. The molecule has 0 atom stereocenters. The molecule has 0 unspecified atom stereocenters. The van der Waals surface area contributed by atoms with Crippen molar-refractivity contribution < 1.29 is 8.83 Å². The van der Waals surface area contributed by atoms with Gasteiger partial charge in [-0.2, -0.15) is 0 Å². The number of rotatable bonds is 11. The van der Waals surface area contributed by atoms with E-state index < -0.39 is 0 Å². The molecule has 2 aliphatic rings. The Morgan fingerprint density at radius 1 is 0.629 bits per heavy atom. The number of furan rings is 2. The highest BCUT2D eigenvalue weighted by molar-refractivity contribution is 6.22. The molecule has 2 aliphatic carbocycles. The van der Waals surface area contributed by atoms with Gasteiger partial charge in [0.25, 0.3) is 0 Å². The van der Waals surface area contributed by atoms with Crippen LogP contribution in [0.5, 0.6) is 0 Å². The fraction of sp³-hybridized carbons (Fsp3) is 0.121. The summed E-state index contributed by atoms with van der Waals surface area (Å²) >= 11 is 0. The molecule has 0 fully saturated rings. The SMILES string of the molecule is C=C(N=C(N=C(C)c1cccc2oc3ccccc3c12)c1cc2oc3ccccc3c2cc1C)c1ccc(C2=C(c3ccccc3)C(C/C=C\CC)=C(c3ccccc3)C(C3=CC=CCC3)=CC2)cc1. The normalized spacial score (nSPS) is 14.9. The zero-order valence-electron chi connectivity index (χ0n) is 40.0. The third kappa shape index (κ3) is 8.47. The number of aryl methyl sites for hydroxylation is 1. The van der Waals surface area contributed by atoms with E-state index >= 15 is 0 Å². The molecular weight excluding hydrogens is 853 g/mol. The Balaban J connectivity index is 1.05. The molecule has 4 heteroatoms. The number of hydrogen-bond donors (Lipinski definition) is 0. The number of para-hydroxylation sites is 2. The van der Waals surface area contributed by atoms with Gasteiger partial charge >= 0.3 is 0 Å². The number of aliphatic imine (C=N–C) groups is 2. The van der Waals surface area contributed by atoms with E-state index in [1.807, 2.05) is 42.5 Å². The molecule has 2 heterocycles. The highest BCUT2D eigenvalue weighted by Gasteiger charge is 2.26. The first-order chi connectivity index (χ1) is 34.4. The summed E-state index contributed by atoms with van der Waals surface area (Å²) in [6.07, 6.45) is 18.6. The summed E-state index contributed by atoms with van der Waals surface area (Å²) in [6, 6.07) is 57.6. The van der Waals surface area contributed by atoms with Crippen LogP contribution in [0, 0.1) is 6.92 Å². The monoisotopic (exact) mass is 906 g/mol. The average molecular weight is 907 g/mol. The first kappa shape index (κ1) is 44.2. The van der Waals surface area contributed by atoms with Crippen molar-refractivity contribution in [2.75, 3.05) is 0 Å². The summed E-state index contributed by atoms with van der Waals surface area (Å²) in [7, 11) is 0. The Hall–Kier alpha value is -8.34. The van der Waals surface area contributed by atoms with Crippen LogP contribution in [-0.4, -0.2) is 11.5 Å². The number of allylic oxidation sites excluding steroid dienone is 12. The fourth-order valence-electron chi connectivity index (χ4n) is 10.3. The Labute approximate surface area is 410 Å². The van der Waals surface area contributed by atoms with Gasteiger partial charge in [-0.15, -0.1) is 0 Å². The molecular formula is C66H54N2O2. The Morgan fingerprint density at radius 3 is 2.03 bits per heavy atom. The summed E-state index contributed by atoms with van der Waals surface area (Å²) in [4.78, 5) is 10.7. The van der Waals surface area contributed by atoms with Crippen LogP contribution in [-0.2, 0) is 0 Å². The average Bonchev–Trinajstić information content (AvgIpc) is 3.91. The van der Waals surface area contributed by atoms with E-state index in [1.165, 1.54) is 50.1 Å². The van der Waals surface area contributed by atoms with Gasteiger partial charge in [-0.25, -0.2) is 9.98 Å². The first-order valence-corrected chi connectivity index (χ1v) is 24.5. The molecule has 11 rings (SSSR count). The lowest BCUT2D eigenvalue weighted by molar-refractivity contribution is 0.668. The zero-order valence-corrected chi connectivity index (χ0v) is 40.0. The smallest absolute Gasteiger partial charge is 0.160 e. The van der Waals surface area contributed by atoms with Crippen molar-refractivity contribution in [3.8, 4) is 0 Å². The quantitative estimate of drug-likeness (QED) is 0.0737. The van der Waals surface area contributed by atoms with Crippen LogP contribution in [0.4, 0.5) is 0 Å². The maximum absolute atomic E-state index is 6.44. The molecule has 0 aliphatic heterocycles.